The molecule has 1 aliphatic carbocycles. The van der Waals surface area contributed by atoms with Crippen LogP contribution in [0.5, 0.6) is 0 Å². The quantitative estimate of drug-likeness (QED) is 0.493. The van der Waals surface area contributed by atoms with Crippen molar-refractivity contribution in [3.8, 4) is 5.69 Å². The summed E-state index contributed by atoms with van der Waals surface area (Å²) in [4.78, 5) is 38.9. The van der Waals surface area contributed by atoms with Crippen LogP contribution in [-0.4, -0.2) is 51.6 Å². The first-order chi connectivity index (χ1) is 17.0. The first-order valence-corrected chi connectivity index (χ1v) is 12.4. The van der Waals surface area contributed by atoms with Gasteiger partial charge < -0.3 is 19.3 Å². The normalized spacial score (nSPS) is 16.7. The molecule has 0 saturated heterocycles. The highest BCUT2D eigenvalue weighted by Gasteiger charge is 2.45. The van der Waals surface area contributed by atoms with Crippen molar-refractivity contribution < 1.29 is 24.2 Å². The monoisotopic (exact) mass is 488 g/mol. The van der Waals surface area contributed by atoms with E-state index < -0.39 is 11.6 Å². The van der Waals surface area contributed by atoms with Crippen molar-refractivity contribution in [1.82, 2.24) is 9.47 Å². The van der Waals surface area contributed by atoms with Gasteiger partial charge in [0.25, 0.3) is 5.91 Å². The number of carbonyl (C=O) groups excluding carboxylic acids is 2. The van der Waals surface area contributed by atoms with Crippen molar-refractivity contribution in [2.75, 3.05) is 13.6 Å². The summed E-state index contributed by atoms with van der Waals surface area (Å²) in [7, 11) is 1.79. The number of likely N-dealkylation sites (N-methyl/N-ethyl adjacent to an activating group) is 1. The third kappa shape index (κ3) is 4.50. The molecule has 188 valence electrons. The topological polar surface area (TPSA) is 88.8 Å². The van der Waals surface area contributed by atoms with E-state index in [0.29, 0.717) is 25.1 Å². The molecule has 2 aliphatic rings. The maximum Gasteiger partial charge on any atom is 0.335 e. The van der Waals surface area contributed by atoms with Crippen LogP contribution in [0.3, 0.4) is 0 Å². The van der Waals surface area contributed by atoms with E-state index in [9.17, 15) is 19.5 Å². The van der Waals surface area contributed by atoms with E-state index >= 15 is 0 Å². The maximum atomic E-state index is 13.2. The minimum atomic E-state index is -0.984. The summed E-state index contributed by atoms with van der Waals surface area (Å²) in [5, 5.41) is 10.3. The average molecular weight is 489 g/mol. The van der Waals surface area contributed by atoms with Gasteiger partial charge in [0.15, 0.2) is 0 Å². The lowest BCUT2D eigenvalue weighted by Gasteiger charge is -2.24. The number of ether oxygens (including phenoxy) is 1. The fourth-order valence-corrected chi connectivity index (χ4v) is 5.27. The van der Waals surface area contributed by atoms with Gasteiger partial charge in [-0.1, -0.05) is 12.1 Å². The molecule has 36 heavy (non-hydrogen) atoms. The summed E-state index contributed by atoms with van der Waals surface area (Å²) in [6.07, 6.45) is 3.93. The summed E-state index contributed by atoms with van der Waals surface area (Å²) in [6.45, 7) is 6.26. The molecule has 0 unspecified atom stereocenters. The van der Waals surface area contributed by atoms with E-state index in [1.807, 2.05) is 37.5 Å². The zero-order valence-electron chi connectivity index (χ0n) is 21.3. The lowest BCUT2D eigenvalue weighted by Crippen LogP contribution is -2.35. The van der Waals surface area contributed by atoms with Crippen molar-refractivity contribution in [1.29, 1.82) is 0 Å². The highest BCUT2D eigenvalue weighted by atomic mass is 16.6. The molecular weight excluding hydrogens is 456 g/mol. The van der Waals surface area contributed by atoms with E-state index in [2.05, 4.69) is 12.1 Å². The van der Waals surface area contributed by atoms with Gasteiger partial charge >= 0.3 is 11.9 Å². The van der Waals surface area contributed by atoms with Crippen molar-refractivity contribution in [3.63, 3.8) is 0 Å². The Morgan fingerprint density at radius 1 is 1.08 bits per heavy atom. The average Bonchev–Trinajstić information content (AvgIpc) is 3.46. The van der Waals surface area contributed by atoms with Crippen LogP contribution < -0.4 is 0 Å². The van der Waals surface area contributed by atoms with Crippen LogP contribution in [0.25, 0.3) is 16.6 Å². The Bertz CT molecular complexity index is 1370. The third-order valence-corrected chi connectivity index (χ3v) is 7.24. The van der Waals surface area contributed by atoms with Gasteiger partial charge in [0.05, 0.1) is 17.5 Å². The van der Waals surface area contributed by atoms with Gasteiger partial charge in [-0.25, -0.2) is 4.79 Å². The predicted octanol–water partition coefficient (Wildman–Crippen LogP) is 5.01. The van der Waals surface area contributed by atoms with Gasteiger partial charge in [-0.15, -0.1) is 0 Å². The number of aromatic nitrogens is 1. The number of esters is 1. The van der Waals surface area contributed by atoms with E-state index in [0.717, 1.165) is 47.0 Å². The lowest BCUT2D eigenvalue weighted by atomic mass is 9.93. The summed E-state index contributed by atoms with van der Waals surface area (Å²) in [6, 6.07) is 13.2. The molecule has 1 amide bonds. The molecule has 1 aliphatic heterocycles. The van der Waals surface area contributed by atoms with Gasteiger partial charge in [0.2, 0.25) is 0 Å². The molecule has 7 nitrogen and oxygen atoms in total. The molecule has 3 aromatic rings. The SMILES string of the molecule is CN1CCc2c(n(-c3ccc(CC4(CC(=O)OC(C)(C)C)CC4)cc3)c3ccc(C(=O)O)cc23)C1=O. The summed E-state index contributed by atoms with van der Waals surface area (Å²) in [5.41, 5.74) is 4.01. The van der Waals surface area contributed by atoms with Gasteiger partial charge in [-0.05, 0) is 93.3 Å². The number of carbonyl (C=O) groups is 3. The number of amides is 1. The number of hydrogen-bond acceptors (Lipinski definition) is 4. The molecule has 5 rings (SSSR count). The van der Waals surface area contributed by atoms with E-state index in [1.54, 1.807) is 30.1 Å². The minimum Gasteiger partial charge on any atom is -0.478 e. The van der Waals surface area contributed by atoms with Crippen LogP contribution >= 0.6 is 0 Å². The minimum absolute atomic E-state index is 0.0327. The zero-order chi connectivity index (χ0) is 25.8. The highest BCUT2D eigenvalue weighted by Crippen LogP contribution is 2.51. The molecule has 1 N–H and O–H groups in total. The van der Waals surface area contributed by atoms with Crippen LogP contribution in [0.2, 0.25) is 0 Å². The van der Waals surface area contributed by atoms with E-state index in [4.69, 9.17) is 4.74 Å². The zero-order valence-corrected chi connectivity index (χ0v) is 21.3. The Kier molecular flexibility index (Phi) is 5.69. The van der Waals surface area contributed by atoms with Crippen molar-refractivity contribution >= 4 is 28.7 Å². The molecule has 2 aromatic carbocycles. The van der Waals surface area contributed by atoms with Gasteiger partial charge in [0, 0.05) is 24.7 Å². The molecule has 0 radical (unpaired) electrons. The molecule has 0 spiro atoms. The fraction of sp³-hybridized carbons (Fsp3) is 0.414. The van der Waals surface area contributed by atoms with Crippen LogP contribution in [-0.2, 0) is 22.4 Å². The molecular formula is C29H32N2O5. The highest BCUT2D eigenvalue weighted by molar-refractivity contribution is 6.05. The second-order valence-corrected chi connectivity index (χ2v) is 11.3. The number of aromatic carboxylic acids is 1. The maximum absolute atomic E-state index is 13.2. The lowest BCUT2D eigenvalue weighted by molar-refractivity contribution is -0.156. The van der Waals surface area contributed by atoms with Crippen LogP contribution in [0, 0.1) is 5.41 Å². The van der Waals surface area contributed by atoms with Crippen molar-refractivity contribution in [3.05, 3.63) is 64.8 Å². The number of nitrogens with zero attached hydrogens (tertiary/aromatic N) is 2. The number of carboxylic acids is 1. The molecule has 2 heterocycles. The Labute approximate surface area is 210 Å². The molecule has 0 atom stereocenters. The summed E-state index contributed by atoms with van der Waals surface area (Å²) < 4.78 is 7.49. The Morgan fingerprint density at radius 2 is 1.78 bits per heavy atom. The van der Waals surface area contributed by atoms with E-state index in [1.165, 1.54) is 0 Å². The van der Waals surface area contributed by atoms with Crippen LogP contribution in [0.1, 0.15) is 72.0 Å². The van der Waals surface area contributed by atoms with Gasteiger partial charge in [-0.2, -0.15) is 0 Å². The first-order valence-electron chi connectivity index (χ1n) is 12.4. The number of fused-ring (bicyclic) bond motifs is 3. The fourth-order valence-electron chi connectivity index (χ4n) is 5.27. The van der Waals surface area contributed by atoms with Gasteiger partial charge in [-0.3, -0.25) is 9.59 Å². The Morgan fingerprint density at radius 3 is 2.39 bits per heavy atom. The first kappa shape index (κ1) is 24.1. The van der Waals surface area contributed by atoms with Crippen molar-refractivity contribution in [2.24, 2.45) is 5.41 Å². The van der Waals surface area contributed by atoms with Crippen LogP contribution in [0.15, 0.2) is 42.5 Å². The Balaban J connectivity index is 1.47. The molecule has 1 saturated carbocycles. The molecule has 1 fully saturated rings. The molecule has 0 bridgehead atoms. The smallest absolute Gasteiger partial charge is 0.335 e. The number of benzene rings is 2. The summed E-state index contributed by atoms with van der Waals surface area (Å²) in [5.74, 6) is -1.20. The number of carboxylic acid groups (broad SMARTS) is 1. The largest absolute Gasteiger partial charge is 0.478 e. The molecule has 1 aromatic heterocycles. The van der Waals surface area contributed by atoms with Crippen LogP contribution in [0.4, 0.5) is 0 Å². The van der Waals surface area contributed by atoms with Crippen molar-refractivity contribution in [2.45, 2.75) is 58.5 Å². The van der Waals surface area contributed by atoms with E-state index in [-0.39, 0.29) is 22.9 Å². The Hall–Kier alpha value is -3.61. The summed E-state index contributed by atoms with van der Waals surface area (Å²) >= 11 is 0. The second kappa shape index (κ2) is 8.50. The third-order valence-electron chi connectivity index (χ3n) is 7.24. The van der Waals surface area contributed by atoms with Gasteiger partial charge in [0.1, 0.15) is 11.3 Å². The standard InChI is InChI=1S/C29H32N2O5/c1-28(2,3)36-24(32)17-29(12-13-29)16-18-5-8-20(9-6-18)31-23-10-7-19(27(34)35)15-22(23)21-11-14-30(4)26(33)25(21)31/h5-10,15H,11-14,16-17H2,1-4H3,(H,34,35). The molecule has 7 heteroatoms. The predicted molar refractivity (Wildman–Crippen MR) is 137 cm³/mol. The number of hydrogen-bond donors (Lipinski definition) is 1. The number of rotatable bonds is 6. The second-order valence-electron chi connectivity index (χ2n) is 11.3.